The molecule has 0 aromatic heterocycles. The van der Waals surface area contributed by atoms with Crippen LogP contribution in [0.4, 0.5) is 10.1 Å². The third-order valence-electron chi connectivity index (χ3n) is 5.51. The highest BCUT2D eigenvalue weighted by Crippen LogP contribution is 2.20. The molecule has 0 unspecified atom stereocenters. The molecule has 1 aliphatic heterocycles. The van der Waals surface area contributed by atoms with Crippen molar-refractivity contribution < 1.29 is 17.6 Å². The zero-order valence-electron chi connectivity index (χ0n) is 17.3. The van der Waals surface area contributed by atoms with Crippen molar-refractivity contribution in [2.45, 2.75) is 31.1 Å². The van der Waals surface area contributed by atoms with E-state index in [0.717, 1.165) is 38.4 Å². The van der Waals surface area contributed by atoms with E-state index in [1.165, 1.54) is 18.2 Å². The number of benzene rings is 2. The summed E-state index contributed by atoms with van der Waals surface area (Å²) >= 11 is 0. The largest absolute Gasteiger partial charge is 0.352 e. The summed E-state index contributed by atoms with van der Waals surface area (Å²) in [5.41, 5.74) is 0.987. The number of rotatable bonds is 7. The molecule has 0 spiro atoms. The number of likely N-dealkylation sites (tertiary alicyclic amines) is 1. The van der Waals surface area contributed by atoms with Gasteiger partial charge in [0, 0.05) is 17.8 Å². The van der Waals surface area contributed by atoms with Crippen molar-refractivity contribution in [3.8, 4) is 0 Å². The number of piperidine rings is 1. The van der Waals surface area contributed by atoms with Gasteiger partial charge >= 0.3 is 0 Å². The zero-order chi connectivity index (χ0) is 21.7. The molecule has 1 heterocycles. The first kappa shape index (κ1) is 22.2. The van der Waals surface area contributed by atoms with Crippen molar-refractivity contribution in [2.24, 2.45) is 5.92 Å². The normalized spacial score (nSPS) is 15.7. The second-order valence-corrected chi connectivity index (χ2v) is 9.57. The summed E-state index contributed by atoms with van der Waals surface area (Å²) < 4.78 is 41.2. The van der Waals surface area contributed by atoms with Crippen molar-refractivity contribution in [3.05, 3.63) is 59.4 Å². The van der Waals surface area contributed by atoms with E-state index in [-0.39, 0.29) is 16.5 Å². The Bertz CT molecular complexity index is 1000. The Balaban J connectivity index is 1.59. The molecular formula is C22H28FN3O3S. The number of halogens is 1. The number of anilines is 1. The molecule has 2 aromatic carbocycles. The first-order chi connectivity index (χ1) is 14.2. The van der Waals surface area contributed by atoms with Gasteiger partial charge in [0.25, 0.3) is 15.9 Å². The van der Waals surface area contributed by atoms with Gasteiger partial charge in [-0.1, -0.05) is 12.1 Å². The van der Waals surface area contributed by atoms with Gasteiger partial charge in [-0.25, -0.2) is 12.8 Å². The molecule has 6 nitrogen and oxygen atoms in total. The van der Waals surface area contributed by atoms with Gasteiger partial charge in [-0.2, -0.15) is 0 Å². The van der Waals surface area contributed by atoms with Crippen LogP contribution in [0.15, 0.2) is 47.4 Å². The van der Waals surface area contributed by atoms with Crippen molar-refractivity contribution in [2.75, 3.05) is 31.4 Å². The van der Waals surface area contributed by atoms with Crippen LogP contribution < -0.4 is 10.0 Å². The summed E-state index contributed by atoms with van der Waals surface area (Å²) in [6.45, 7) is 4.33. The van der Waals surface area contributed by atoms with Crippen LogP contribution in [0.2, 0.25) is 0 Å². The number of carbonyl (C=O) groups excluding carboxylic acids is 1. The van der Waals surface area contributed by atoms with Crippen LogP contribution in [0.25, 0.3) is 0 Å². The monoisotopic (exact) mass is 433 g/mol. The van der Waals surface area contributed by atoms with Crippen molar-refractivity contribution in [3.63, 3.8) is 0 Å². The lowest BCUT2D eigenvalue weighted by atomic mass is 9.94. The van der Waals surface area contributed by atoms with E-state index in [1.807, 2.05) is 0 Å². The number of hydrogen-bond acceptors (Lipinski definition) is 4. The Hall–Kier alpha value is -2.45. The Kier molecular flexibility index (Phi) is 7.10. The van der Waals surface area contributed by atoms with Gasteiger partial charge in [-0.3, -0.25) is 9.52 Å². The van der Waals surface area contributed by atoms with Gasteiger partial charge < -0.3 is 10.2 Å². The molecule has 2 N–H and O–H groups in total. The molecule has 1 amide bonds. The summed E-state index contributed by atoms with van der Waals surface area (Å²) in [5.74, 6) is -0.212. The summed E-state index contributed by atoms with van der Waals surface area (Å²) in [4.78, 5) is 14.6. The maximum Gasteiger partial charge on any atom is 0.261 e. The molecule has 8 heteroatoms. The summed E-state index contributed by atoms with van der Waals surface area (Å²) in [7, 11) is -1.84. The van der Waals surface area contributed by atoms with Crippen LogP contribution in [0.5, 0.6) is 0 Å². The van der Waals surface area contributed by atoms with E-state index in [4.69, 9.17) is 0 Å². The molecule has 2 aromatic rings. The minimum absolute atomic E-state index is 0.168. The van der Waals surface area contributed by atoms with E-state index in [9.17, 15) is 17.6 Å². The minimum Gasteiger partial charge on any atom is -0.352 e. The highest BCUT2D eigenvalue weighted by molar-refractivity contribution is 7.92. The topological polar surface area (TPSA) is 78.5 Å². The van der Waals surface area contributed by atoms with Crippen molar-refractivity contribution in [1.29, 1.82) is 0 Å². The van der Waals surface area contributed by atoms with Crippen molar-refractivity contribution >= 4 is 21.6 Å². The number of hydrogen-bond donors (Lipinski definition) is 2. The number of aryl methyl sites for hydroxylation is 1. The number of carbonyl (C=O) groups is 1. The molecule has 30 heavy (non-hydrogen) atoms. The number of sulfonamides is 1. The summed E-state index contributed by atoms with van der Waals surface area (Å²) in [6, 6.07) is 10.0. The Labute approximate surface area is 177 Å². The molecule has 0 atom stereocenters. The Morgan fingerprint density at radius 3 is 2.60 bits per heavy atom. The average molecular weight is 434 g/mol. The highest BCUT2D eigenvalue weighted by Gasteiger charge is 2.18. The van der Waals surface area contributed by atoms with Crippen LogP contribution in [0, 0.1) is 18.7 Å². The first-order valence-electron chi connectivity index (χ1n) is 10.1. The van der Waals surface area contributed by atoms with Crippen LogP contribution in [0.1, 0.15) is 35.2 Å². The fourth-order valence-electron chi connectivity index (χ4n) is 3.52. The highest BCUT2D eigenvalue weighted by atomic mass is 32.2. The van der Waals surface area contributed by atoms with Gasteiger partial charge in [-0.05, 0) is 88.1 Å². The average Bonchev–Trinajstić information content (AvgIpc) is 2.71. The second-order valence-electron chi connectivity index (χ2n) is 7.89. The van der Waals surface area contributed by atoms with E-state index in [1.54, 1.807) is 25.1 Å². The van der Waals surface area contributed by atoms with Gasteiger partial charge in [0.15, 0.2) is 0 Å². The maximum atomic E-state index is 13.7. The van der Waals surface area contributed by atoms with Crippen LogP contribution in [0.3, 0.4) is 0 Å². The molecule has 162 valence electrons. The lowest BCUT2D eigenvalue weighted by Crippen LogP contribution is -2.32. The van der Waals surface area contributed by atoms with E-state index < -0.39 is 15.8 Å². The molecule has 0 radical (unpaired) electrons. The van der Waals surface area contributed by atoms with Gasteiger partial charge in [0.05, 0.1) is 4.90 Å². The van der Waals surface area contributed by atoms with Crippen LogP contribution in [-0.4, -0.2) is 45.9 Å². The van der Waals surface area contributed by atoms with Crippen LogP contribution in [-0.2, 0) is 10.0 Å². The molecule has 3 rings (SSSR count). The van der Waals surface area contributed by atoms with Crippen molar-refractivity contribution in [1.82, 2.24) is 10.2 Å². The Morgan fingerprint density at radius 1 is 1.17 bits per heavy atom. The van der Waals surface area contributed by atoms with E-state index in [2.05, 4.69) is 22.0 Å². The number of amides is 1. The maximum absolute atomic E-state index is 13.7. The molecule has 0 aliphatic carbocycles. The van der Waals surface area contributed by atoms with E-state index in [0.29, 0.717) is 23.6 Å². The molecule has 1 aliphatic rings. The lowest BCUT2D eigenvalue weighted by molar-refractivity contribution is 0.0949. The molecule has 0 bridgehead atoms. The Morgan fingerprint density at radius 2 is 1.90 bits per heavy atom. The van der Waals surface area contributed by atoms with Gasteiger partial charge in [-0.15, -0.1) is 0 Å². The molecule has 0 saturated carbocycles. The molecular weight excluding hydrogens is 405 g/mol. The van der Waals surface area contributed by atoms with Gasteiger partial charge in [0.2, 0.25) is 0 Å². The SMILES string of the molecule is Cc1ccc(S(=O)(=O)Nc2cccc(C(=O)NCCC3CCN(C)CC3)c2)cc1F. The predicted octanol–water partition coefficient (Wildman–Crippen LogP) is 3.40. The second kappa shape index (κ2) is 9.57. The minimum atomic E-state index is -3.96. The standard InChI is InChI=1S/C22H28FN3O3S/c1-16-6-7-20(15-21(16)23)30(28,29)25-19-5-3-4-18(14-19)22(27)24-11-8-17-9-12-26(2)13-10-17/h3-7,14-15,17,25H,8-13H2,1-2H3,(H,24,27). The first-order valence-corrected chi connectivity index (χ1v) is 11.6. The van der Waals surface area contributed by atoms with E-state index >= 15 is 0 Å². The third kappa shape index (κ3) is 5.79. The summed E-state index contributed by atoms with van der Waals surface area (Å²) in [5, 5.41) is 2.91. The predicted molar refractivity (Wildman–Crippen MR) is 116 cm³/mol. The molecule has 1 fully saturated rings. The quantitative estimate of drug-likeness (QED) is 0.702. The lowest BCUT2D eigenvalue weighted by Gasteiger charge is -2.28. The number of nitrogens with one attached hydrogen (secondary N) is 2. The zero-order valence-corrected chi connectivity index (χ0v) is 18.1. The fraction of sp³-hybridized carbons (Fsp3) is 0.409. The van der Waals surface area contributed by atoms with Crippen LogP contribution >= 0.6 is 0 Å². The third-order valence-corrected chi connectivity index (χ3v) is 6.89. The fourth-order valence-corrected chi connectivity index (χ4v) is 4.58. The smallest absolute Gasteiger partial charge is 0.261 e. The summed E-state index contributed by atoms with van der Waals surface area (Å²) in [6.07, 6.45) is 3.22. The van der Waals surface area contributed by atoms with Gasteiger partial charge in [0.1, 0.15) is 5.82 Å². The molecule has 1 saturated heterocycles. The number of nitrogens with zero attached hydrogens (tertiary/aromatic N) is 1.